The average molecular weight is 141 g/mol. The van der Waals surface area contributed by atoms with Gasteiger partial charge in [-0.3, -0.25) is 10.1 Å². The number of rotatable bonds is 1. The van der Waals surface area contributed by atoms with Crippen molar-refractivity contribution in [2.45, 2.75) is 13.8 Å². The molecule has 0 aliphatic carbocycles. The molecule has 0 saturated carbocycles. The zero-order chi connectivity index (χ0) is 7.72. The van der Waals surface area contributed by atoms with E-state index in [-0.39, 0.29) is 5.69 Å². The molecule has 0 bridgehead atoms. The summed E-state index contributed by atoms with van der Waals surface area (Å²) in [6, 6.07) is 1.41. The maximum absolute atomic E-state index is 10.2. The Morgan fingerprint density at radius 2 is 2.20 bits per heavy atom. The van der Waals surface area contributed by atoms with Gasteiger partial charge in [0.05, 0.1) is 11.0 Å². The summed E-state index contributed by atoms with van der Waals surface area (Å²) in [7, 11) is 0. The van der Waals surface area contributed by atoms with Crippen LogP contribution in [-0.2, 0) is 0 Å². The van der Waals surface area contributed by atoms with Crippen LogP contribution in [0.2, 0.25) is 0 Å². The van der Waals surface area contributed by atoms with Gasteiger partial charge in [0.15, 0.2) is 5.76 Å². The molecule has 0 aliphatic heterocycles. The lowest BCUT2D eigenvalue weighted by molar-refractivity contribution is -0.385. The average Bonchev–Trinajstić information content (AvgIpc) is 2.10. The van der Waals surface area contributed by atoms with Crippen LogP contribution >= 0.6 is 0 Å². The van der Waals surface area contributed by atoms with Crippen molar-refractivity contribution < 1.29 is 9.34 Å². The summed E-state index contributed by atoms with van der Waals surface area (Å²) in [4.78, 5) is 9.73. The lowest BCUT2D eigenvalue weighted by atomic mass is 10.4. The molecule has 4 nitrogen and oxygen atoms in total. The van der Waals surface area contributed by atoms with Gasteiger partial charge in [-0.1, -0.05) is 0 Å². The third-order valence-electron chi connectivity index (χ3n) is 1.21. The summed E-state index contributed by atoms with van der Waals surface area (Å²) in [5.74, 6) is 0.937. The SMILES string of the molecule is Cc1cc([N+](=O)[O-])c(C)o1. The number of hydrogen-bond acceptors (Lipinski definition) is 3. The first kappa shape index (κ1) is 6.80. The normalized spacial score (nSPS) is 9.80. The molecule has 54 valence electrons. The summed E-state index contributed by atoms with van der Waals surface area (Å²) in [6.07, 6.45) is 0. The standard InChI is InChI=1S/C6H7NO3/c1-4-3-6(7(8)9)5(2)10-4/h3H,1-2H3. The van der Waals surface area contributed by atoms with Crippen LogP contribution in [0.1, 0.15) is 11.5 Å². The van der Waals surface area contributed by atoms with Crippen LogP contribution in [0.25, 0.3) is 0 Å². The van der Waals surface area contributed by atoms with Crippen LogP contribution in [0.5, 0.6) is 0 Å². The Labute approximate surface area is 57.6 Å². The van der Waals surface area contributed by atoms with E-state index in [1.165, 1.54) is 6.07 Å². The molecule has 0 aliphatic rings. The Morgan fingerprint density at radius 3 is 2.40 bits per heavy atom. The summed E-state index contributed by atoms with van der Waals surface area (Å²) in [5.41, 5.74) is 0.0532. The van der Waals surface area contributed by atoms with Gasteiger partial charge in [-0.2, -0.15) is 0 Å². The molecule has 0 unspecified atom stereocenters. The van der Waals surface area contributed by atoms with E-state index in [1.54, 1.807) is 13.8 Å². The van der Waals surface area contributed by atoms with E-state index in [9.17, 15) is 10.1 Å². The molecule has 0 aromatic carbocycles. The minimum atomic E-state index is -0.453. The molecular weight excluding hydrogens is 134 g/mol. The molecular formula is C6H7NO3. The molecule has 0 amide bonds. The van der Waals surface area contributed by atoms with Crippen LogP contribution in [-0.4, -0.2) is 4.92 Å². The molecule has 0 N–H and O–H groups in total. The second-order valence-electron chi connectivity index (χ2n) is 2.06. The third kappa shape index (κ3) is 1.00. The van der Waals surface area contributed by atoms with Gasteiger partial charge in [-0.15, -0.1) is 0 Å². The van der Waals surface area contributed by atoms with Gasteiger partial charge in [0, 0.05) is 6.92 Å². The second kappa shape index (κ2) is 2.13. The fourth-order valence-corrected chi connectivity index (χ4v) is 0.799. The largest absolute Gasteiger partial charge is 0.459 e. The van der Waals surface area contributed by atoms with E-state index in [2.05, 4.69) is 0 Å². The van der Waals surface area contributed by atoms with Crippen molar-refractivity contribution in [2.24, 2.45) is 0 Å². The fraction of sp³-hybridized carbons (Fsp3) is 0.333. The van der Waals surface area contributed by atoms with E-state index in [4.69, 9.17) is 4.42 Å². The molecule has 10 heavy (non-hydrogen) atoms. The maximum atomic E-state index is 10.2. The monoisotopic (exact) mass is 141 g/mol. The molecule has 4 heteroatoms. The molecule has 1 rings (SSSR count). The topological polar surface area (TPSA) is 56.3 Å². The summed E-state index contributed by atoms with van der Waals surface area (Å²) in [5, 5.41) is 10.2. The van der Waals surface area contributed by atoms with E-state index < -0.39 is 4.92 Å². The number of nitrogens with zero attached hydrogens (tertiary/aromatic N) is 1. The van der Waals surface area contributed by atoms with Gasteiger partial charge >= 0.3 is 5.69 Å². The number of nitro groups is 1. The Balaban J connectivity index is 3.15. The van der Waals surface area contributed by atoms with Gasteiger partial charge in [-0.25, -0.2) is 0 Å². The quantitative estimate of drug-likeness (QED) is 0.442. The highest BCUT2D eigenvalue weighted by molar-refractivity contribution is 5.34. The fourth-order valence-electron chi connectivity index (χ4n) is 0.799. The van der Waals surface area contributed by atoms with Crippen molar-refractivity contribution in [3.63, 3.8) is 0 Å². The van der Waals surface area contributed by atoms with Gasteiger partial charge in [-0.05, 0) is 6.92 Å². The van der Waals surface area contributed by atoms with Crippen LogP contribution in [0.4, 0.5) is 5.69 Å². The zero-order valence-electron chi connectivity index (χ0n) is 5.75. The smallest absolute Gasteiger partial charge is 0.310 e. The molecule has 0 atom stereocenters. The molecule has 1 aromatic rings. The number of aryl methyl sites for hydroxylation is 2. The maximum Gasteiger partial charge on any atom is 0.310 e. The highest BCUT2D eigenvalue weighted by Crippen LogP contribution is 2.20. The lowest BCUT2D eigenvalue weighted by Crippen LogP contribution is -1.85. The summed E-state index contributed by atoms with van der Waals surface area (Å²) >= 11 is 0. The highest BCUT2D eigenvalue weighted by Gasteiger charge is 2.14. The van der Waals surface area contributed by atoms with E-state index in [0.717, 1.165) is 0 Å². The van der Waals surface area contributed by atoms with Crippen LogP contribution < -0.4 is 0 Å². The van der Waals surface area contributed by atoms with Gasteiger partial charge < -0.3 is 4.42 Å². The first-order valence-electron chi connectivity index (χ1n) is 2.82. The second-order valence-corrected chi connectivity index (χ2v) is 2.06. The van der Waals surface area contributed by atoms with Crippen LogP contribution in [0.3, 0.4) is 0 Å². The first-order valence-corrected chi connectivity index (χ1v) is 2.82. The Bertz CT molecular complexity index is 264. The highest BCUT2D eigenvalue weighted by atomic mass is 16.6. The third-order valence-corrected chi connectivity index (χ3v) is 1.21. The predicted octanol–water partition coefficient (Wildman–Crippen LogP) is 1.80. The van der Waals surface area contributed by atoms with Crippen molar-refractivity contribution in [1.82, 2.24) is 0 Å². The Morgan fingerprint density at radius 1 is 1.60 bits per heavy atom. The molecule has 1 aromatic heterocycles. The first-order chi connectivity index (χ1) is 4.61. The molecule has 0 spiro atoms. The molecule has 0 fully saturated rings. The van der Waals surface area contributed by atoms with E-state index >= 15 is 0 Å². The van der Waals surface area contributed by atoms with Crippen molar-refractivity contribution >= 4 is 5.69 Å². The van der Waals surface area contributed by atoms with Crippen molar-refractivity contribution in [2.75, 3.05) is 0 Å². The molecule has 0 saturated heterocycles. The number of hydrogen-bond donors (Lipinski definition) is 0. The van der Waals surface area contributed by atoms with E-state index in [1.807, 2.05) is 0 Å². The minimum absolute atomic E-state index is 0.0532. The van der Waals surface area contributed by atoms with Crippen LogP contribution in [0.15, 0.2) is 10.5 Å². The summed E-state index contributed by atoms with van der Waals surface area (Å²) < 4.78 is 4.93. The van der Waals surface area contributed by atoms with Gasteiger partial charge in [0.25, 0.3) is 0 Å². The van der Waals surface area contributed by atoms with Crippen molar-refractivity contribution in [1.29, 1.82) is 0 Å². The Hall–Kier alpha value is -1.32. The van der Waals surface area contributed by atoms with Crippen molar-refractivity contribution in [3.05, 3.63) is 27.7 Å². The van der Waals surface area contributed by atoms with Gasteiger partial charge in [0.1, 0.15) is 5.76 Å². The van der Waals surface area contributed by atoms with Crippen molar-refractivity contribution in [3.8, 4) is 0 Å². The van der Waals surface area contributed by atoms with E-state index in [0.29, 0.717) is 11.5 Å². The summed E-state index contributed by atoms with van der Waals surface area (Å²) in [6.45, 7) is 3.26. The lowest BCUT2D eigenvalue weighted by Gasteiger charge is -1.82. The zero-order valence-corrected chi connectivity index (χ0v) is 5.75. The van der Waals surface area contributed by atoms with Gasteiger partial charge in [0.2, 0.25) is 0 Å². The number of furan rings is 1. The molecule has 1 heterocycles. The molecule has 0 radical (unpaired) electrons. The minimum Gasteiger partial charge on any atom is -0.459 e. The van der Waals surface area contributed by atoms with Crippen LogP contribution in [0, 0.1) is 24.0 Å². The Kier molecular flexibility index (Phi) is 1.45. The predicted molar refractivity (Wildman–Crippen MR) is 34.8 cm³/mol.